The zero-order chi connectivity index (χ0) is 18.2. The minimum Gasteiger partial charge on any atom is -0.497 e. The van der Waals surface area contributed by atoms with Crippen molar-refractivity contribution >= 4 is 5.91 Å². The fourth-order valence-corrected chi connectivity index (χ4v) is 2.43. The maximum absolute atomic E-state index is 12.1. The van der Waals surface area contributed by atoms with E-state index < -0.39 is 0 Å². The van der Waals surface area contributed by atoms with Crippen LogP contribution in [-0.2, 0) is 19.5 Å². The van der Waals surface area contributed by atoms with Crippen LogP contribution in [-0.4, -0.2) is 24.7 Å². The molecule has 0 unspecified atom stereocenters. The number of nitrogens with one attached hydrogen (secondary N) is 2. The summed E-state index contributed by atoms with van der Waals surface area (Å²) in [6.07, 6.45) is 2.35. The number of carbonyl (C=O) groups excluding carboxylic acids is 1. The Bertz CT molecular complexity index is 810. The van der Waals surface area contributed by atoms with Crippen LogP contribution in [0.25, 0.3) is 0 Å². The van der Waals surface area contributed by atoms with Gasteiger partial charge in [-0.1, -0.05) is 17.3 Å². The second-order valence-corrected chi connectivity index (χ2v) is 5.72. The minimum absolute atomic E-state index is 0.250. The number of benzene rings is 1. The maximum Gasteiger partial charge on any atom is 0.273 e. The minimum atomic E-state index is -0.250. The number of aromatic nitrogens is 1. The Morgan fingerprint density at radius 3 is 2.69 bits per heavy atom. The molecule has 7 nitrogen and oxygen atoms in total. The third-order valence-electron chi connectivity index (χ3n) is 3.83. The Kier molecular flexibility index (Phi) is 6.05. The zero-order valence-corrected chi connectivity index (χ0v) is 14.5. The molecule has 7 heteroatoms. The predicted molar refractivity (Wildman–Crippen MR) is 94.8 cm³/mol. The molecule has 0 aliphatic heterocycles. The summed E-state index contributed by atoms with van der Waals surface area (Å²) in [4.78, 5) is 12.1. The van der Waals surface area contributed by atoms with E-state index in [0.29, 0.717) is 25.4 Å². The molecule has 0 aliphatic rings. The van der Waals surface area contributed by atoms with Crippen molar-refractivity contribution in [3.8, 4) is 5.75 Å². The summed E-state index contributed by atoms with van der Waals surface area (Å²) in [7, 11) is 1.63. The summed E-state index contributed by atoms with van der Waals surface area (Å²) in [5.41, 5.74) is 1.39. The molecule has 0 spiro atoms. The highest BCUT2D eigenvalue weighted by molar-refractivity contribution is 5.92. The quantitative estimate of drug-likeness (QED) is 0.613. The van der Waals surface area contributed by atoms with Gasteiger partial charge in [-0.25, -0.2) is 0 Å². The number of nitrogens with zero attached hydrogens (tertiary/aromatic N) is 1. The second kappa shape index (κ2) is 8.87. The fourth-order valence-electron chi connectivity index (χ4n) is 2.43. The van der Waals surface area contributed by atoms with Crippen molar-refractivity contribution in [1.29, 1.82) is 0 Å². The highest BCUT2D eigenvalue weighted by Gasteiger charge is 2.12. The molecule has 3 aromatic rings. The van der Waals surface area contributed by atoms with Gasteiger partial charge in [0.1, 0.15) is 11.5 Å². The summed E-state index contributed by atoms with van der Waals surface area (Å²) < 4.78 is 15.5. The van der Waals surface area contributed by atoms with Gasteiger partial charge in [-0.2, -0.15) is 0 Å². The first kappa shape index (κ1) is 17.8. The molecule has 26 heavy (non-hydrogen) atoms. The van der Waals surface area contributed by atoms with E-state index in [9.17, 15) is 4.79 Å². The fraction of sp³-hybridized carbons (Fsp3) is 0.263. The van der Waals surface area contributed by atoms with Crippen molar-refractivity contribution in [2.75, 3.05) is 13.7 Å². The lowest BCUT2D eigenvalue weighted by molar-refractivity contribution is 0.0945. The topological polar surface area (TPSA) is 89.5 Å². The molecule has 2 heterocycles. The summed E-state index contributed by atoms with van der Waals surface area (Å²) in [6.45, 7) is 1.56. The molecule has 0 radical (unpaired) electrons. The van der Waals surface area contributed by atoms with E-state index in [4.69, 9.17) is 13.7 Å². The smallest absolute Gasteiger partial charge is 0.273 e. The molecule has 136 valence electrons. The average Bonchev–Trinajstić information content (AvgIpc) is 3.34. The van der Waals surface area contributed by atoms with Gasteiger partial charge in [-0.15, -0.1) is 0 Å². The molecule has 1 aromatic carbocycles. The lowest BCUT2D eigenvalue weighted by atomic mass is 10.1. The van der Waals surface area contributed by atoms with E-state index in [1.807, 2.05) is 36.4 Å². The van der Waals surface area contributed by atoms with Crippen LogP contribution in [0, 0.1) is 0 Å². The molecule has 0 saturated heterocycles. The molecular weight excluding hydrogens is 334 g/mol. The lowest BCUT2D eigenvalue weighted by Gasteiger charge is -2.04. The molecule has 0 atom stereocenters. The van der Waals surface area contributed by atoms with Gasteiger partial charge in [-0.3, -0.25) is 4.79 Å². The van der Waals surface area contributed by atoms with Crippen molar-refractivity contribution in [1.82, 2.24) is 15.8 Å². The van der Waals surface area contributed by atoms with Crippen LogP contribution >= 0.6 is 0 Å². The number of rotatable bonds is 9. The summed E-state index contributed by atoms with van der Waals surface area (Å²) in [5, 5.41) is 9.81. The molecule has 2 N–H and O–H groups in total. The first-order valence-corrected chi connectivity index (χ1v) is 8.34. The first-order valence-electron chi connectivity index (χ1n) is 8.34. The van der Waals surface area contributed by atoms with Crippen LogP contribution in [0.1, 0.15) is 27.6 Å². The van der Waals surface area contributed by atoms with E-state index in [0.717, 1.165) is 23.5 Å². The van der Waals surface area contributed by atoms with Crippen LogP contribution in [0.3, 0.4) is 0 Å². The van der Waals surface area contributed by atoms with E-state index >= 15 is 0 Å². The Labute approximate surface area is 151 Å². The molecule has 0 bridgehead atoms. The molecule has 1 amide bonds. The first-order chi connectivity index (χ1) is 12.7. The van der Waals surface area contributed by atoms with Gasteiger partial charge < -0.3 is 24.3 Å². The van der Waals surface area contributed by atoms with Gasteiger partial charge in [0, 0.05) is 12.6 Å². The standard InChI is InChI=1S/C19H21N3O4/c1-24-15-6-4-14(5-7-15)8-9-21-19(23)18-11-17(26-22-18)13-20-12-16-3-2-10-25-16/h2-7,10-11,20H,8-9,12-13H2,1H3,(H,21,23). The SMILES string of the molecule is COc1ccc(CCNC(=O)c2cc(CNCc3ccco3)on2)cc1. The van der Waals surface area contributed by atoms with Gasteiger partial charge in [0.15, 0.2) is 11.5 Å². The highest BCUT2D eigenvalue weighted by Crippen LogP contribution is 2.11. The number of methoxy groups -OCH3 is 1. The van der Waals surface area contributed by atoms with Crippen molar-refractivity contribution in [3.63, 3.8) is 0 Å². The predicted octanol–water partition coefficient (Wildman–Crippen LogP) is 2.54. The van der Waals surface area contributed by atoms with E-state index in [1.54, 1.807) is 19.4 Å². The average molecular weight is 355 g/mol. The monoisotopic (exact) mass is 355 g/mol. The van der Waals surface area contributed by atoms with Crippen molar-refractivity contribution < 1.29 is 18.5 Å². The number of hydrogen-bond acceptors (Lipinski definition) is 6. The van der Waals surface area contributed by atoms with Crippen LogP contribution in [0.15, 0.2) is 57.7 Å². The van der Waals surface area contributed by atoms with Crippen LogP contribution in [0.4, 0.5) is 0 Å². The normalized spacial score (nSPS) is 10.7. The Morgan fingerprint density at radius 1 is 1.15 bits per heavy atom. The Balaban J connectivity index is 1.40. The van der Waals surface area contributed by atoms with Gasteiger partial charge in [0.25, 0.3) is 5.91 Å². The third kappa shape index (κ3) is 4.97. The van der Waals surface area contributed by atoms with Gasteiger partial charge in [0.05, 0.1) is 26.5 Å². The number of ether oxygens (including phenoxy) is 1. The summed E-state index contributed by atoms with van der Waals surface area (Å²) >= 11 is 0. The number of hydrogen-bond donors (Lipinski definition) is 2. The number of amides is 1. The van der Waals surface area contributed by atoms with Gasteiger partial charge >= 0.3 is 0 Å². The Hall–Kier alpha value is -3.06. The Morgan fingerprint density at radius 2 is 1.96 bits per heavy atom. The van der Waals surface area contributed by atoms with Crippen molar-refractivity contribution in [2.45, 2.75) is 19.5 Å². The molecule has 0 saturated carbocycles. The lowest BCUT2D eigenvalue weighted by Crippen LogP contribution is -2.25. The molecule has 0 aliphatic carbocycles. The molecule has 3 rings (SSSR count). The largest absolute Gasteiger partial charge is 0.497 e. The van der Waals surface area contributed by atoms with E-state index in [1.165, 1.54) is 0 Å². The van der Waals surface area contributed by atoms with Crippen LogP contribution < -0.4 is 15.4 Å². The maximum atomic E-state index is 12.1. The van der Waals surface area contributed by atoms with Gasteiger partial charge in [-0.05, 0) is 36.2 Å². The number of furan rings is 1. The van der Waals surface area contributed by atoms with E-state index in [2.05, 4.69) is 15.8 Å². The van der Waals surface area contributed by atoms with E-state index in [-0.39, 0.29) is 11.6 Å². The third-order valence-corrected chi connectivity index (χ3v) is 3.83. The zero-order valence-electron chi connectivity index (χ0n) is 14.5. The molecule has 0 fully saturated rings. The van der Waals surface area contributed by atoms with Crippen molar-refractivity contribution in [2.24, 2.45) is 0 Å². The molecule has 2 aromatic heterocycles. The number of carbonyl (C=O) groups is 1. The van der Waals surface area contributed by atoms with Gasteiger partial charge in [0.2, 0.25) is 0 Å². The summed E-state index contributed by atoms with van der Waals surface area (Å²) in [6, 6.07) is 13.1. The second-order valence-electron chi connectivity index (χ2n) is 5.72. The van der Waals surface area contributed by atoms with Crippen LogP contribution in [0.5, 0.6) is 5.75 Å². The van der Waals surface area contributed by atoms with Crippen molar-refractivity contribution in [3.05, 3.63) is 71.5 Å². The van der Waals surface area contributed by atoms with Crippen LogP contribution in [0.2, 0.25) is 0 Å². The summed E-state index contributed by atoms with van der Waals surface area (Å²) in [5.74, 6) is 1.99. The molecular formula is C19H21N3O4. The highest BCUT2D eigenvalue weighted by atomic mass is 16.5.